The van der Waals surface area contributed by atoms with Crippen molar-refractivity contribution in [2.45, 2.75) is 6.92 Å². The minimum Gasteiger partial charge on any atom is -0.497 e. The second-order valence-electron chi connectivity index (χ2n) is 5.38. The molecule has 0 bridgehead atoms. The smallest absolute Gasteiger partial charge is 0.255 e. The van der Waals surface area contributed by atoms with Crippen LogP contribution in [0.1, 0.15) is 16.1 Å². The number of aromatic nitrogens is 1. The van der Waals surface area contributed by atoms with Gasteiger partial charge < -0.3 is 14.8 Å². The summed E-state index contributed by atoms with van der Waals surface area (Å²) in [6, 6.07) is 14.6. The molecule has 0 saturated carbocycles. The quantitative estimate of drug-likeness (QED) is 0.793. The predicted molar refractivity (Wildman–Crippen MR) is 94.0 cm³/mol. The zero-order valence-electron chi connectivity index (χ0n) is 13.8. The molecular formula is C19H18N2O3. The third kappa shape index (κ3) is 3.15. The number of pyridine rings is 1. The van der Waals surface area contributed by atoms with Crippen molar-refractivity contribution in [3.05, 3.63) is 59.8 Å². The van der Waals surface area contributed by atoms with Gasteiger partial charge in [-0.05, 0) is 43.3 Å². The van der Waals surface area contributed by atoms with Crippen LogP contribution < -0.4 is 14.8 Å². The van der Waals surface area contributed by atoms with E-state index >= 15 is 0 Å². The van der Waals surface area contributed by atoms with Gasteiger partial charge in [0.05, 0.1) is 25.4 Å². The Labute approximate surface area is 140 Å². The SMILES string of the molecule is COc1cc(OC)cc(C(=O)Nc2cccc3nc(C)ccc23)c1. The van der Waals surface area contributed by atoms with Crippen molar-refractivity contribution in [1.29, 1.82) is 0 Å². The summed E-state index contributed by atoms with van der Waals surface area (Å²) in [5, 5.41) is 3.83. The molecule has 5 nitrogen and oxygen atoms in total. The van der Waals surface area contributed by atoms with Gasteiger partial charge in [0.15, 0.2) is 0 Å². The predicted octanol–water partition coefficient (Wildman–Crippen LogP) is 3.81. The first kappa shape index (κ1) is 15.8. The molecule has 1 aromatic heterocycles. The van der Waals surface area contributed by atoms with E-state index in [-0.39, 0.29) is 5.91 Å². The summed E-state index contributed by atoms with van der Waals surface area (Å²) >= 11 is 0. The van der Waals surface area contributed by atoms with Crippen molar-refractivity contribution in [1.82, 2.24) is 4.98 Å². The highest BCUT2D eigenvalue weighted by molar-refractivity contribution is 6.09. The number of carbonyl (C=O) groups excluding carboxylic acids is 1. The molecule has 1 amide bonds. The second-order valence-corrected chi connectivity index (χ2v) is 5.38. The number of hydrogen-bond donors (Lipinski definition) is 1. The molecule has 1 N–H and O–H groups in total. The number of ether oxygens (including phenoxy) is 2. The Morgan fingerprint density at radius 2 is 1.71 bits per heavy atom. The van der Waals surface area contributed by atoms with Gasteiger partial charge in [-0.1, -0.05) is 6.07 Å². The van der Waals surface area contributed by atoms with Crippen molar-refractivity contribution < 1.29 is 14.3 Å². The number of anilines is 1. The molecule has 0 atom stereocenters. The minimum atomic E-state index is -0.236. The zero-order chi connectivity index (χ0) is 17.1. The maximum absolute atomic E-state index is 12.6. The number of benzene rings is 2. The molecule has 122 valence electrons. The van der Waals surface area contributed by atoms with Crippen LogP contribution in [0.15, 0.2) is 48.5 Å². The fraction of sp³-hybridized carbons (Fsp3) is 0.158. The highest BCUT2D eigenvalue weighted by atomic mass is 16.5. The van der Waals surface area contributed by atoms with Gasteiger partial charge in [0.25, 0.3) is 5.91 Å². The minimum absolute atomic E-state index is 0.236. The van der Waals surface area contributed by atoms with Crippen molar-refractivity contribution in [3.8, 4) is 11.5 Å². The summed E-state index contributed by atoms with van der Waals surface area (Å²) < 4.78 is 10.4. The average Bonchev–Trinajstić information content (AvgIpc) is 2.61. The first-order valence-electron chi connectivity index (χ1n) is 7.51. The normalized spacial score (nSPS) is 10.5. The van der Waals surface area contributed by atoms with Crippen LogP contribution in [0.25, 0.3) is 10.9 Å². The molecular weight excluding hydrogens is 304 g/mol. The van der Waals surface area contributed by atoms with Gasteiger partial charge in [0.2, 0.25) is 0 Å². The summed E-state index contributed by atoms with van der Waals surface area (Å²) in [5.74, 6) is 0.893. The van der Waals surface area contributed by atoms with Crippen LogP contribution in [0.3, 0.4) is 0 Å². The number of nitrogens with one attached hydrogen (secondary N) is 1. The fourth-order valence-corrected chi connectivity index (χ4v) is 2.50. The van der Waals surface area contributed by atoms with Gasteiger partial charge in [0.1, 0.15) is 11.5 Å². The first-order chi connectivity index (χ1) is 11.6. The highest BCUT2D eigenvalue weighted by Crippen LogP contribution is 2.25. The Morgan fingerprint density at radius 3 is 2.38 bits per heavy atom. The molecule has 3 rings (SSSR count). The van der Waals surface area contributed by atoms with Crippen LogP contribution in [-0.4, -0.2) is 25.1 Å². The molecule has 0 fully saturated rings. The monoisotopic (exact) mass is 322 g/mol. The van der Waals surface area contributed by atoms with E-state index in [0.717, 1.165) is 16.6 Å². The van der Waals surface area contributed by atoms with E-state index in [1.807, 2.05) is 37.3 Å². The number of aryl methyl sites for hydroxylation is 1. The molecule has 0 radical (unpaired) electrons. The lowest BCUT2D eigenvalue weighted by molar-refractivity contribution is 0.102. The molecule has 0 aliphatic heterocycles. The van der Waals surface area contributed by atoms with E-state index in [0.29, 0.717) is 22.7 Å². The second kappa shape index (κ2) is 6.58. The summed E-state index contributed by atoms with van der Waals surface area (Å²) in [6.07, 6.45) is 0. The third-order valence-electron chi connectivity index (χ3n) is 3.73. The maximum Gasteiger partial charge on any atom is 0.255 e. The standard InChI is InChI=1S/C19H18N2O3/c1-12-7-8-16-17(20-12)5-4-6-18(16)21-19(22)13-9-14(23-2)11-15(10-13)24-3/h4-11H,1-3H3,(H,21,22). The Morgan fingerprint density at radius 1 is 1.00 bits per heavy atom. The molecule has 0 spiro atoms. The van der Waals surface area contributed by atoms with Crippen molar-refractivity contribution in [2.75, 3.05) is 19.5 Å². The lowest BCUT2D eigenvalue weighted by atomic mass is 10.1. The van der Waals surface area contributed by atoms with Gasteiger partial charge >= 0.3 is 0 Å². The van der Waals surface area contributed by atoms with Crippen LogP contribution in [0.4, 0.5) is 5.69 Å². The van der Waals surface area contributed by atoms with Crippen molar-refractivity contribution in [3.63, 3.8) is 0 Å². The van der Waals surface area contributed by atoms with E-state index in [4.69, 9.17) is 9.47 Å². The number of nitrogens with zero attached hydrogens (tertiary/aromatic N) is 1. The molecule has 0 unspecified atom stereocenters. The topological polar surface area (TPSA) is 60.5 Å². The summed E-state index contributed by atoms with van der Waals surface area (Å²) in [7, 11) is 3.10. The molecule has 2 aromatic carbocycles. The lowest BCUT2D eigenvalue weighted by Crippen LogP contribution is -2.12. The van der Waals surface area contributed by atoms with Crippen molar-refractivity contribution in [2.24, 2.45) is 0 Å². The van der Waals surface area contributed by atoms with Gasteiger partial charge in [0, 0.05) is 22.7 Å². The largest absolute Gasteiger partial charge is 0.497 e. The molecule has 1 heterocycles. The van der Waals surface area contributed by atoms with Crippen LogP contribution in [0, 0.1) is 6.92 Å². The first-order valence-corrected chi connectivity index (χ1v) is 7.51. The Hall–Kier alpha value is -3.08. The molecule has 0 aliphatic carbocycles. The molecule has 0 aliphatic rings. The number of carbonyl (C=O) groups is 1. The van der Waals surface area contributed by atoms with Crippen LogP contribution in [0.5, 0.6) is 11.5 Å². The van der Waals surface area contributed by atoms with E-state index in [9.17, 15) is 4.79 Å². The molecule has 3 aromatic rings. The number of fused-ring (bicyclic) bond motifs is 1. The average molecular weight is 322 g/mol. The molecule has 24 heavy (non-hydrogen) atoms. The number of hydrogen-bond acceptors (Lipinski definition) is 4. The maximum atomic E-state index is 12.6. The summed E-state index contributed by atoms with van der Waals surface area (Å²) in [6.45, 7) is 1.94. The van der Waals surface area contributed by atoms with E-state index in [1.54, 1.807) is 32.4 Å². The Bertz CT molecular complexity index is 884. The van der Waals surface area contributed by atoms with Gasteiger partial charge in [-0.3, -0.25) is 9.78 Å². The van der Waals surface area contributed by atoms with Crippen LogP contribution in [-0.2, 0) is 0 Å². The number of rotatable bonds is 4. The van der Waals surface area contributed by atoms with E-state index in [1.165, 1.54) is 0 Å². The van der Waals surface area contributed by atoms with E-state index < -0.39 is 0 Å². The van der Waals surface area contributed by atoms with Gasteiger partial charge in [-0.2, -0.15) is 0 Å². The third-order valence-corrected chi connectivity index (χ3v) is 3.73. The van der Waals surface area contributed by atoms with E-state index in [2.05, 4.69) is 10.3 Å². The highest BCUT2D eigenvalue weighted by Gasteiger charge is 2.12. The lowest BCUT2D eigenvalue weighted by Gasteiger charge is -2.11. The van der Waals surface area contributed by atoms with Crippen LogP contribution in [0.2, 0.25) is 0 Å². The van der Waals surface area contributed by atoms with Crippen LogP contribution >= 0.6 is 0 Å². The van der Waals surface area contributed by atoms with Gasteiger partial charge in [-0.15, -0.1) is 0 Å². The Kier molecular flexibility index (Phi) is 4.33. The Balaban J connectivity index is 1.95. The zero-order valence-corrected chi connectivity index (χ0v) is 13.8. The van der Waals surface area contributed by atoms with Crippen molar-refractivity contribution >= 4 is 22.5 Å². The summed E-state index contributed by atoms with van der Waals surface area (Å²) in [5.41, 5.74) is 2.95. The molecule has 5 heteroatoms. The number of amides is 1. The summed E-state index contributed by atoms with van der Waals surface area (Å²) in [4.78, 5) is 17.1. The molecule has 0 saturated heterocycles. The number of methoxy groups -OCH3 is 2. The fourth-order valence-electron chi connectivity index (χ4n) is 2.50. The van der Waals surface area contributed by atoms with Gasteiger partial charge in [-0.25, -0.2) is 0 Å².